The highest BCUT2D eigenvalue weighted by atomic mass is 19.1. The number of hydrogen-bond donors (Lipinski definition) is 1. The molecule has 2 N–H and O–H groups in total. The van der Waals surface area contributed by atoms with Crippen LogP contribution in [-0.4, -0.2) is 43.1 Å². The zero-order chi connectivity index (χ0) is 13.3. The van der Waals surface area contributed by atoms with E-state index in [9.17, 15) is 8.78 Å². The molecule has 0 radical (unpaired) electrons. The number of nitrogens with zero attached hydrogens (tertiary/aromatic N) is 3. The van der Waals surface area contributed by atoms with Gasteiger partial charge in [0.2, 0.25) is 0 Å². The molecule has 1 aliphatic rings. The molecule has 6 heteroatoms. The van der Waals surface area contributed by atoms with Crippen molar-refractivity contribution in [3.63, 3.8) is 0 Å². The summed E-state index contributed by atoms with van der Waals surface area (Å²) in [6.45, 7) is 1.89. The fraction of sp³-hybridized carbons (Fsp3) is 0.583. The van der Waals surface area contributed by atoms with Crippen molar-refractivity contribution in [2.75, 3.05) is 37.8 Å². The average Bonchev–Trinajstić information content (AvgIpc) is 2.33. The molecule has 0 aliphatic carbocycles. The third-order valence-corrected chi connectivity index (χ3v) is 3.42. The molecule has 1 saturated heterocycles. The molecule has 1 unspecified atom stereocenters. The fourth-order valence-corrected chi connectivity index (χ4v) is 2.35. The van der Waals surface area contributed by atoms with Gasteiger partial charge in [0.05, 0.1) is 0 Å². The number of hydrogen-bond acceptors (Lipinski definition) is 4. The van der Waals surface area contributed by atoms with E-state index in [1.165, 1.54) is 0 Å². The summed E-state index contributed by atoms with van der Waals surface area (Å²) in [6, 6.07) is 0.969. The minimum absolute atomic E-state index is 0.120. The summed E-state index contributed by atoms with van der Waals surface area (Å²) in [5.41, 5.74) is 5.39. The molecular weight excluding hydrogens is 238 g/mol. The minimum Gasteiger partial charge on any atom is -0.381 e. The number of nitrogen functional groups attached to an aromatic ring is 1. The molecule has 2 rings (SSSR count). The summed E-state index contributed by atoms with van der Waals surface area (Å²) in [4.78, 5) is 7.75. The SMILES string of the molecule is CN1CCCC(N(C)c2nc(N)c(F)cc2F)C1. The number of aromatic nitrogens is 1. The van der Waals surface area contributed by atoms with Gasteiger partial charge in [0.15, 0.2) is 23.3 Å². The Kier molecular flexibility index (Phi) is 3.65. The van der Waals surface area contributed by atoms with Gasteiger partial charge in [-0.15, -0.1) is 0 Å². The lowest BCUT2D eigenvalue weighted by Gasteiger charge is -2.36. The molecule has 1 aromatic rings. The fourth-order valence-electron chi connectivity index (χ4n) is 2.35. The van der Waals surface area contributed by atoms with E-state index < -0.39 is 11.6 Å². The van der Waals surface area contributed by atoms with Crippen LogP contribution < -0.4 is 10.6 Å². The van der Waals surface area contributed by atoms with Crippen molar-refractivity contribution >= 4 is 11.6 Å². The molecule has 18 heavy (non-hydrogen) atoms. The predicted octanol–water partition coefficient (Wildman–Crippen LogP) is 1.47. The highest BCUT2D eigenvalue weighted by Gasteiger charge is 2.24. The van der Waals surface area contributed by atoms with Gasteiger partial charge in [0, 0.05) is 25.7 Å². The van der Waals surface area contributed by atoms with Crippen molar-refractivity contribution in [2.45, 2.75) is 18.9 Å². The van der Waals surface area contributed by atoms with Gasteiger partial charge in [0.1, 0.15) is 0 Å². The number of anilines is 2. The van der Waals surface area contributed by atoms with Crippen molar-refractivity contribution in [3.05, 3.63) is 17.7 Å². The molecule has 0 amide bonds. The molecule has 0 spiro atoms. The van der Waals surface area contributed by atoms with Crippen LogP contribution >= 0.6 is 0 Å². The Morgan fingerprint density at radius 2 is 2.17 bits per heavy atom. The highest BCUT2D eigenvalue weighted by Crippen LogP contribution is 2.24. The van der Waals surface area contributed by atoms with E-state index in [-0.39, 0.29) is 17.7 Å². The third kappa shape index (κ3) is 2.53. The summed E-state index contributed by atoms with van der Waals surface area (Å²) in [5, 5.41) is 0. The molecule has 4 nitrogen and oxygen atoms in total. The van der Waals surface area contributed by atoms with E-state index in [2.05, 4.69) is 9.88 Å². The minimum atomic E-state index is -0.814. The van der Waals surface area contributed by atoms with E-state index in [1.807, 2.05) is 7.05 Å². The second kappa shape index (κ2) is 5.06. The molecule has 100 valence electrons. The van der Waals surface area contributed by atoms with Gasteiger partial charge >= 0.3 is 0 Å². The van der Waals surface area contributed by atoms with Gasteiger partial charge in [0.25, 0.3) is 0 Å². The zero-order valence-corrected chi connectivity index (χ0v) is 10.7. The lowest BCUT2D eigenvalue weighted by atomic mass is 10.1. The van der Waals surface area contributed by atoms with Crippen LogP contribution in [0, 0.1) is 11.6 Å². The van der Waals surface area contributed by atoms with Crippen molar-refractivity contribution in [1.29, 1.82) is 0 Å². The van der Waals surface area contributed by atoms with E-state index in [4.69, 9.17) is 5.73 Å². The van der Waals surface area contributed by atoms with Gasteiger partial charge in [-0.3, -0.25) is 0 Å². The van der Waals surface area contributed by atoms with Gasteiger partial charge in [-0.25, -0.2) is 13.8 Å². The molecule has 2 heterocycles. The number of likely N-dealkylation sites (tertiary alicyclic amines) is 1. The number of halogens is 2. The number of likely N-dealkylation sites (N-methyl/N-ethyl adjacent to an activating group) is 2. The maximum absolute atomic E-state index is 13.7. The Labute approximate surface area is 105 Å². The first-order chi connectivity index (χ1) is 8.49. The first-order valence-corrected chi connectivity index (χ1v) is 6.02. The van der Waals surface area contributed by atoms with Crippen LogP contribution in [0.5, 0.6) is 0 Å². The van der Waals surface area contributed by atoms with E-state index in [0.717, 1.165) is 32.0 Å². The maximum Gasteiger partial charge on any atom is 0.168 e. The number of rotatable bonds is 2. The smallest absolute Gasteiger partial charge is 0.168 e. The van der Waals surface area contributed by atoms with Crippen LogP contribution in [0.4, 0.5) is 20.4 Å². The molecular formula is C12H18F2N4. The van der Waals surface area contributed by atoms with Crippen LogP contribution in [0.3, 0.4) is 0 Å². The van der Waals surface area contributed by atoms with Crippen molar-refractivity contribution < 1.29 is 8.78 Å². The second-order valence-corrected chi connectivity index (χ2v) is 4.83. The van der Waals surface area contributed by atoms with Gasteiger partial charge in [-0.1, -0.05) is 0 Å². The largest absolute Gasteiger partial charge is 0.381 e. The lowest BCUT2D eigenvalue weighted by Crippen LogP contribution is -2.45. The lowest BCUT2D eigenvalue weighted by molar-refractivity contribution is 0.247. The van der Waals surface area contributed by atoms with Crippen molar-refractivity contribution in [1.82, 2.24) is 9.88 Å². The van der Waals surface area contributed by atoms with Crippen LogP contribution in [-0.2, 0) is 0 Å². The summed E-state index contributed by atoms with van der Waals surface area (Å²) < 4.78 is 26.8. The standard InChI is InChI=1S/C12H18F2N4/c1-17-5-3-4-8(7-17)18(2)12-10(14)6-9(13)11(15)16-12/h6,8H,3-5,7H2,1-2H3,(H2,15,16). The Bertz CT molecular complexity index is 438. The molecule has 1 atom stereocenters. The summed E-state index contributed by atoms with van der Waals surface area (Å²) in [6.07, 6.45) is 2.03. The van der Waals surface area contributed by atoms with Crippen LogP contribution in [0.15, 0.2) is 6.07 Å². The number of pyridine rings is 1. The van der Waals surface area contributed by atoms with Crippen molar-refractivity contribution in [3.8, 4) is 0 Å². The first-order valence-electron chi connectivity index (χ1n) is 6.02. The summed E-state index contributed by atoms with van der Waals surface area (Å²) in [5.74, 6) is -1.63. The monoisotopic (exact) mass is 256 g/mol. The second-order valence-electron chi connectivity index (χ2n) is 4.83. The quantitative estimate of drug-likeness (QED) is 0.870. The Morgan fingerprint density at radius 3 is 2.83 bits per heavy atom. The summed E-state index contributed by atoms with van der Waals surface area (Å²) >= 11 is 0. The summed E-state index contributed by atoms with van der Waals surface area (Å²) in [7, 11) is 3.80. The van der Waals surface area contributed by atoms with Crippen molar-refractivity contribution in [2.24, 2.45) is 0 Å². The third-order valence-electron chi connectivity index (χ3n) is 3.42. The van der Waals surface area contributed by atoms with Crippen LogP contribution in [0.1, 0.15) is 12.8 Å². The Hall–Kier alpha value is -1.43. The van der Waals surface area contributed by atoms with Crippen LogP contribution in [0.25, 0.3) is 0 Å². The Balaban J connectivity index is 2.22. The number of nitrogens with two attached hydrogens (primary N) is 1. The molecule has 0 aromatic carbocycles. The van der Waals surface area contributed by atoms with E-state index in [0.29, 0.717) is 0 Å². The van der Waals surface area contributed by atoms with Gasteiger partial charge in [-0.2, -0.15) is 0 Å². The normalized spacial score (nSPS) is 21.0. The van der Waals surface area contributed by atoms with Gasteiger partial charge in [-0.05, 0) is 26.4 Å². The average molecular weight is 256 g/mol. The molecule has 1 aliphatic heterocycles. The van der Waals surface area contributed by atoms with E-state index in [1.54, 1.807) is 11.9 Å². The highest BCUT2D eigenvalue weighted by molar-refractivity contribution is 5.47. The zero-order valence-electron chi connectivity index (χ0n) is 10.7. The van der Waals surface area contributed by atoms with E-state index >= 15 is 0 Å². The molecule has 1 fully saturated rings. The van der Waals surface area contributed by atoms with Crippen LogP contribution in [0.2, 0.25) is 0 Å². The molecule has 1 aromatic heterocycles. The topological polar surface area (TPSA) is 45.4 Å². The predicted molar refractivity (Wildman–Crippen MR) is 67.5 cm³/mol. The number of piperidine rings is 1. The Morgan fingerprint density at radius 1 is 1.44 bits per heavy atom. The molecule has 0 saturated carbocycles. The van der Waals surface area contributed by atoms with Gasteiger partial charge < -0.3 is 15.5 Å². The first kappa shape index (κ1) is 13.0. The molecule has 0 bridgehead atoms. The maximum atomic E-state index is 13.7.